The summed E-state index contributed by atoms with van der Waals surface area (Å²) >= 11 is 0. The summed E-state index contributed by atoms with van der Waals surface area (Å²) in [6, 6.07) is 23.5. The van der Waals surface area contributed by atoms with E-state index in [0.29, 0.717) is 12.0 Å². The van der Waals surface area contributed by atoms with Gasteiger partial charge in [0.1, 0.15) is 0 Å². The standard InChI is InChI=1S/C22H18O2/c1-2-9-19-20(22(23)24)15-14-18(16-10-5-3-6-11-16)21(19)17-12-7-4-8-13-17/h2-8,10-15H,1,9H2,(H,23,24). The van der Waals surface area contributed by atoms with Gasteiger partial charge in [0.05, 0.1) is 5.56 Å². The van der Waals surface area contributed by atoms with E-state index in [0.717, 1.165) is 27.8 Å². The summed E-state index contributed by atoms with van der Waals surface area (Å²) in [5.74, 6) is -0.913. The maximum atomic E-state index is 11.7. The van der Waals surface area contributed by atoms with Crippen molar-refractivity contribution in [3.63, 3.8) is 0 Å². The molecule has 0 radical (unpaired) electrons. The van der Waals surface area contributed by atoms with Crippen molar-refractivity contribution in [2.24, 2.45) is 0 Å². The Balaban J connectivity index is 2.36. The second-order valence-electron chi connectivity index (χ2n) is 5.54. The fourth-order valence-corrected chi connectivity index (χ4v) is 3.00. The van der Waals surface area contributed by atoms with Gasteiger partial charge in [0.2, 0.25) is 0 Å². The van der Waals surface area contributed by atoms with Gasteiger partial charge in [-0.3, -0.25) is 0 Å². The molecule has 0 saturated carbocycles. The zero-order chi connectivity index (χ0) is 16.9. The molecule has 3 aromatic carbocycles. The SMILES string of the molecule is C=CCc1c(C(=O)O)ccc(-c2ccccc2)c1-c1ccccc1. The highest BCUT2D eigenvalue weighted by atomic mass is 16.4. The zero-order valence-corrected chi connectivity index (χ0v) is 13.3. The van der Waals surface area contributed by atoms with Crippen LogP contribution in [0, 0.1) is 0 Å². The summed E-state index contributed by atoms with van der Waals surface area (Å²) in [4.78, 5) is 11.7. The molecule has 0 fully saturated rings. The predicted octanol–water partition coefficient (Wildman–Crippen LogP) is 5.45. The highest BCUT2D eigenvalue weighted by Gasteiger charge is 2.18. The Morgan fingerprint density at radius 2 is 1.46 bits per heavy atom. The maximum Gasteiger partial charge on any atom is 0.335 e. The number of carboxylic acid groups (broad SMARTS) is 1. The van der Waals surface area contributed by atoms with Gasteiger partial charge < -0.3 is 5.11 Å². The van der Waals surface area contributed by atoms with Crippen molar-refractivity contribution in [1.82, 2.24) is 0 Å². The molecule has 3 rings (SSSR count). The minimum atomic E-state index is -0.913. The first-order valence-corrected chi connectivity index (χ1v) is 7.83. The van der Waals surface area contributed by atoms with Gasteiger partial charge in [-0.15, -0.1) is 6.58 Å². The Bertz CT molecular complexity index is 865. The first-order valence-electron chi connectivity index (χ1n) is 7.83. The molecule has 0 aliphatic rings. The van der Waals surface area contributed by atoms with Crippen molar-refractivity contribution in [2.45, 2.75) is 6.42 Å². The van der Waals surface area contributed by atoms with Crippen LogP contribution in [0.1, 0.15) is 15.9 Å². The molecule has 0 unspecified atom stereocenters. The van der Waals surface area contributed by atoms with E-state index in [-0.39, 0.29) is 0 Å². The molecule has 0 bridgehead atoms. The maximum absolute atomic E-state index is 11.7. The fourth-order valence-electron chi connectivity index (χ4n) is 3.00. The summed E-state index contributed by atoms with van der Waals surface area (Å²) in [5, 5.41) is 9.59. The van der Waals surface area contributed by atoms with Gasteiger partial charge in [-0.2, -0.15) is 0 Å². The van der Waals surface area contributed by atoms with Gasteiger partial charge in [-0.05, 0) is 40.3 Å². The van der Waals surface area contributed by atoms with Crippen LogP contribution in [0.25, 0.3) is 22.3 Å². The van der Waals surface area contributed by atoms with Crippen molar-refractivity contribution in [3.05, 3.63) is 96.6 Å². The molecule has 0 aromatic heterocycles. The van der Waals surface area contributed by atoms with Gasteiger partial charge in [0.15, 0.2) is 0 Å². The van der Waals surface area contributed by atoms with Crippen molar-refractivity contribution >= 4 is 5.97 Å². The Hall–Kier alpha value is -3.13. The van der Waals surface area contributed by atoms with E-state index in [2.05, 4.69) is 6.58 Å². The molecule has 0 atom stereocenters. The van der Waals surface area contributed by atoms with Crippen molar-refractivity contribution in [3.8, 4) is 22.3 Å². The smallest absolute Gasteiger partial charge is 0.335 e. The number of rotatable bonds is 5. The molecule has 24 heavy (non-hydrogen) atoms. The first-order chi connectivity index (χ1) is 11.7. The third kappa shape index (κ3) is 2.99. The lowest BCUT2D eigenvalue weighted by Crippen LogP contribution is -2.05. The largest absolute Gasteiger partial charge is 0.478 e. The van der Waals surface area contributed by atoms with Gasteiger partial charge >= 0.3 is 5.97 Å². The second kappa shape index (κ2) is 6.97. The van der Waals surface area contributed by atoms with Crippen LogP contribution in [-0.4, -0.2) is 11.1 Å². The average molecular weight is 314 g/mol. The van der Waals surface area contributed by atoms with E-state index in [1.165, 1.54) is 0 Å². The zero-order valence-electron chi connectivity index (χ0n) is 13.3. The molecule has 0 spiro atoms. The molecular formula is C22H18O2. The monoisotopic (exact) mass is 314 g/mol. The Labute approximate surface area is 141 Å². The van der Waals surface area contributed by atoms with Crippen LogP contribution < -0.4 is 0 Å². The summed E-state index contributed by atoms with van der Waals surface area (Å²) in [5.41, 5.74) is 5.19. The quantitative estimate of drug-likeness (QED) is 0.636. The summed E-state index contributed by atoms with van der Waals surface area (Å²) < 4.78 is 0. The molecule has 0 saturated heterocycles. The molecule has 118 valence electrons. The molecule has 0 heterocycles. The molecule has 0 amide bonds. The molecule has 1 N–H and O–H groups in total. The van der Waals surface area contributed by atoms with E-state index >= 15 is 0 Å². The van der Waals surface area contributed by atoms with Crippen molar-refractivity contribution < 1.29 is 9.90 Å². The molecule has 2 heteroatoms. The Morgan fingerprint density at radius 1 is 0.875 bits per heavy atom. The van der Waals surface area contributed by atoms with Crippen LogP contribution >= 0.6 is 0 Å². The van der Waals surface area contributed by atoms with Crippen LogP contribution in [0.4, 0.5) is 0 Å². The molecule has 3 aromatic rings. The number of hydrogen-bond donors (Lipinski definition) is 1. The lowest BCUT2D eigenvalue weighted by molar-refractivity contribution is 0.0696. The van der Waals surface area contributed by atoms with E-state index in [1.54, 1.807) is 12.1 Å². The topological polar surface area (TPSA) is 37.3 Å². The van der Waals surface area contributed by atoms with Crippen LogP contribution in [0.2, 0.25) is 0 Å². The fraction of sp³-hybridized carbons (Fsp3) is 0.0455. The highest BCUT2D eigenvalue weighted by molar-refractivity contribution is 5.96. The number of carbonyl (C=O) groups is 1. The van der Waals surface area contributed by atoms with E-state index in [1.807, 2.05) is 66.7 Å². The van der Waals surface area contributed by atoms with E-state index < -0.39 is 5.97 Å². The van der Waals surface area contributed by atoms with Crippen molar-refractivity contribution in [1.29, 1.82) is 0 Å². The molecule has 0 aliphatic carbocycles. The number of hydrogen-bond acceptors (Lipinski definition) is 1. The number of carboxylic acids is 1. The third-order valence-electron chi connectivity index (χ3n) is 4.04. The Kier molecular flexibility index (Phi) is 4.57. The lowest BCUT2D eigenvalue weighted by Gasteiger charge is -2.17. The van der Waals surface area contributed by atoms with Gasteiger partial charge in [-0.1, -0.05) is 72.8 Å². The first kappa shape index (κ1) is 15.8. The van der Waals surface area contributed by atoms with Crippen LogP contribution in [0.15, 0.2) is 85.5 Å². The normalized spacial score (nSPS) is 10.3. The van der Waals surface area contributed by atoms with Gasteiger partial charge in [0, 0.05) is 0 Å². The van der Waals surface area contributed by atoms with Crippen LogP contribution in [0.3, 0.4) is 0 Å². The average Bonchev–Trinajstić information content (AvgIpc) is 2.63. The molecule has 0 aliphatic heterocycles. The molecular weight excluding hydrogens is 296 g/mol. The number of allylic oxidation sites excluding steroid dienone is 1. The summed E-state index contributed by atoms with van der Waals surface area (Å²) in [7, 11) is 0. The predicted molar refractivity (Wildman–Crippen MR) is 98.2 cm³/mol. The van der Waals surface area contributed by atoms with Gasteiger partial charge in [0.25, 0.3) is 0 Å². The van der Waals surface area contributed by atoms with Crippen LogP contribution in [0.5, 0.6) is 0 Å². The van der Waals surface area contributed by atoms with Gasteiger partial charge in [-0.25, -0.2) is 4.79 Å². The van der Waals surface area contributed by atoms with Crippen molar-refractivity contribution in [2.75, 3.05) is 0 Å². The number of aromatic carboxylic acids is 1. The summed E-state index contributed by atoms with van der Waals surface area (Å²) in [6.45, 7) is 3.80. The Morgan fingerprint density at radius 3 is 2.00 bits per heavy atom. The van der Waals surface area contributed by atoms with E-state index in [4.69, 9.17) is 0 Å². The second-order valence-corrected chi connectivity index (χ2v) is 5.54. The van der Waals surface area contributed by atoms with E-state index in [9.17, 15) is 9.90 Å². The molecule has 2 nitrogen and oxygen atoms in total. The minimum absolute atomic E-state index is 0.327. The van der Waals surface area contributed by atoms with Crippen LogP contribution in [-0.2, 0) is 6.42 Å². The number of benzene rings is 3. The highest BCUT2D eigenvalue weighted by Crippen LogP contribution is 2.37. The summed E-state index contributed by atoms with van der Waals surface area (Å²) in [6.07, 6.45) is 2.26. The minimum Gasteiger partial charge on any atom is -0.478 e. The lowest BCUT2D eigenvalue weighted by atomic mass is 9.86. The third-order valence-corrected chi connectivity index (χ3v) is 4.04.